The lowest BCUT2D eigenvalue weighted by atomic mass is 10.2. The predicted molar refractivity (Wildman–Crippen MR) is 71.7 cm³/mol. The zero-order valence-electron chi connectivity index (χ0n) is 9.91. The molecule has 0 fully saturated rings. The van der Waals surface area contributed by atoms with Crippen LogP contribution < -0.4 is 10.1 Å². The Balaban J connectivity index is 2.04. The second kappa shape index (κ2) is 5.74. The van der Waals surface area contributed by atoms with Gasteiger partial charge < -0.3 is 10.1 Å². The number of rotatable bonds is 4. The van der Waals surface area contributed by atoms with E-state index in [1.165, 1.54) is 12.1 Å². The Morgan fingerprint density at radius 2 is 1.89 bits per heavy atom. The summed E-state index contributed by atoms with van der Waals surface area (Å²) in [4.78, 5) is 0. The Bertz CT molecular complexity index is 528. The van der Waals surface area contributed by atoms with Crippen molar-refractivity contribution >= 4 is 17.3 Å². The number of nitrogens with one attached hydrogen (secondary N) is 1. The monoisotopic (exact) mass is 265 g/mol. The molecule has 0 aliphatic rings. The summed E-state index contributed by atoms with van der Waals surface area (Å²) in [6, 6.07) is 12.0. The van der Waals surface area contributed by atoms with E-state index in [9.17, 15) is 4.39 Å². The maximum atomic E-state index is 13.4. The molecule has 0 saturated carbocycles. The highest BCUT2D eigenvalue weighted by molar-refractivity contribution is 6.30. The Hall–Kier alpha value is -1.74. The summed E-state index contributed by atoms with van der Waals surface area (Å²) in [7, 11) is 1.62. The van der Waals surface area contributed by atoms with Gasteiger partial charge in [-0.2, -0.15) is 0 Å². The second-order valence-corrected chi connectivity index (χ2v) is 4.26. The minimum absolute atomic E-state index is 0.312. The number of anilines is 1. The largest absolute Gasteiger partial charge is 0.497 e. The number of hydrogen-bond donors (Lipinski definition) is 1. The lowest BCUT2D eigenvalue weighted by molar-refractivity contribution is 0.414. The zero-order chi connectivity index (χ0) is 13.0. The summed E-state index contributed by atoms with van der Waals surface area (Å²) in [5, 5.41) is 3.52. The van der Waals surface area contributed by atoms with Crippen molar-refractivity contribution in [2.24, 2.45) is 0 Å². The predicted octanol–water partition coefficient (Wildman–Crippen LogP) is 4.10. The molecule has 2 aromatic carbocycles. The fraction of sp³-hybridized carbons (Fsp3) is 0.143. The Morgan fingerprint density at radius 3 is 2.56 bits per heavy atom. The molecule has 1 N–H and O–H groups in total. The van der Waals surface area contributed by atoms with Gasteiger partial charge in [0.15, 0.2) is 0 Å². The molecule has 0 bridgehead atoms. The van der Waals surface area contributed by atoms with Crippen LogP contribution in [0.5, 0.6) is 5.75 Å². The van der Waals surface area contributed by atoms with Gasteiger partial charge in [-0.3, -0.25) is 0 Å². The van der Waals surface area contributed by atoms with E-state index in [-0.39, 0.29) is 5.82 Å². The molecule has 0 atom stereocenters. The van der Waals surface area contributed by atoms with Crippen molar-refractivity contribution in [3.8, 4) is 5.75 Å². The van der Waals surface area contributed by atoms with Crippen molar-refractivity contribution in [1.29, 1.82) is 0 Å². The molecular formula is C14H13ClFNO. The molecule has 0 heterocycles. The van der Waals surface area contributed by atoms with Crippen LogP contribution in [0, 0.1) is 5.82 Å². The number of halogens is 2. The average Bonchev–Trinajstić information content (AvgIpc) is 2.40. The first-order valence-corrected chi connectivity index (χ1v) is 5.88. The van der Waals surface area contributed by atoms with Gasteiger partial charge >= 0.3 is 0 Å². The van der Waals surface area contributed by atoms with Gasteiger partial charge in [0.05, 0.1) is 12.8 Å². The molecule has 94 valence electrons. The molecule has 4 heteroatoms. The molecule has 0 unspecified atom stereocenters. The highest BCUT2D eigenvalue weighted by atomic mass is 35.5. The van der Waals surface area contributed by atoms with Crippen molar-refractivity contribution in [3.63, 3.8) is 0 Å². The molecule has 0 aliphatic heterocycles. The molecule has 0 radical (unpaired) electrons. The minimum Gasteiger partial charge on any atom is -0.497 e. The molecular weight excluding hydrogens is 253 g/mol. The Morgan fingerprint density at radius 1 is 1.17 bits per heavy atom. The first-order valence-electron chi connectivity index (χ1n) is 5.51. The summed E-state index contributed by atoms with van der Waals surface area (Å²) >= 11 is 5.81. The number of methoxy groups -OCH3 is 1. The number of ether oxygens (including phenoxy) is 1. The molecule has 2 rings (SSSR count). The minimum atomic E-state index is -0.312. The van der Waals surface area contributed by atoms with E-state index >= 15 is 0 Å². The molecule has 2 aromatic rings. The first-order chi connectivity index (χ1) is 8.69. The van der Waals surface area contributed by atoms with E-state index < -0.39 is 0 Å². The summed E-state index contributed by atoms with van der Waals surface area (Å²) in [6.45, 7) is 0.529. The SMILES string of the molecule is COc1ccc(CNc2cc(Cl)ccc2F)cc1. The highest BCUT2D eigenvalue weighted by Crippen LogP contribution is 2.20. The van der Waals surface area contributed by atoms with Crippen molar-refractivity contribution in [1.82, 2.24) is 0 Å². The van der Waals surface area contributed by atoms with Gasteiger partial charge in [0.1, 0.15) is 11.6 Å². The van der Waals surface area contributed by atoms with Gasteiger partial charge in [0.25, 0.3) is 0 Å². The van der Waals surface area contributed by atoms with Crippen LogP contribution >= 0.6 is 11.6 Å². The third-order valence-corrected chi connectivity index (χ3v) is 2.81. The van der Waals surface area contributed by atoms with Crippen LogP contribution in [0.4, 0.5) is 10.1 Å². The van der Waals surface area contributed by atoms with E-state index in [1.54, 1.807) is 13.2 Å². The summed E-state index contributed by atoms with van der Waals surface area (Å²) in [6.07, 6.45) is 0. The van der Waals surface area contributed by atoms with E-state index in [1.807, 2.05) is 24.3 Å². The standard InChI is InChI=1S/C14H13ClFNO/c1-18-12-5-2-10(3-6-12)9-17-14-8-11(15)4-7-13(14)16/h2-8,17H,9H2,1H3. The van der Waals surface area contributed by atoms with Gasteiger partial charge in [-0.05, 0) is 35.9 Å². The highest BCUT2D eigenvalue weighted by Gasteiger charge is 2.02. The van der Waals surface area contributed by atoms with Gasteiger partial charge in [0, 0.05) is 11.6 Å². The fourth-order valence-electron chi connectivity index (χ4n) is 1.57. The fourth-order valence-corrected chi connectivity index (χ4v) is 1.75. The van der Waals surface area contributed by atoms with Crippen molar-refractivity contribution in [3.05, 3.63) is 58.9 Å². The van der Waals surface area contributed by atoms with Crippen LogP contribution in [-0.4, -0.2) is 7.11 Å². The lowest BCUT2D eigenvalue weighted by Gasteiger charge is -2.08. The topological polar surface area (TPSA) is 21.3 Å². The molecule has 0 aromatic heterocycles. The first kappa shape index (κ1) is 12.7. The van der Waals surface area contributed by atoms with Gasteiger partial charge in [-0.15, -0.1) is 0 Å². The van der Waals surface area contributed by atoms with Crippen LogP contribution in [0.2, 0.25) is 5.02 Å². The molecule has 18 heavy (non-hydrogen) atoms. The Kier molecular flexibility index (Phi) is 4.05. The van der Waals surface area contributed by atoms with E-state index in [2.05, 4.69) is 5.32 Å². The maximum absolute atomic E-state index is 13.4. The van der Waals surface area contributed by atoms with E-state index in [0.29, 0.717) is 17.3 Å². The average molecular weight is 266 g/mol. The van der Waals surface area contributed by atoms with E-state index in [0.717, 1.165) is 11.3 Å². The van der Waals surface area contributed by atoms with Crippen molar-refractivity contribution in [2.75, 3.05) is 12.4 Å². The van der Waals surface area contributed by atoms with Crippen LogP contribution in [0.1, 0.15) is 5.56 Å². The van der Waals surface area contributed by atoms with Gasteiger partial charge in [0.2, 0.25) is 0 Å². The van der Waals surface area contributed by atoms with E-state index in [4.69, 9.17) is 16.3 Å². The van der Waals surface area contributed by atoms with Crippen LogP contribution in [0.25, 0.3) is 0 Å². The second-order valence-electron chi connectivity index (χ2n) is 3.83. The summed E-state index contributed by atoms with van der Waals surface area (Å²) < 4.78 is 18.5. The van der Waals surface area contributed by atoms with Gasteiger partial charge in [-0.1, -0.05) is 23.7 Å². The molecule has 0 amide bonds. The lowest BCUT2D eigenvalue weighted by Crippen LogP contribution is -2.01. The maximum Gasteiger partial charge on any atom is 0.146 e. The molecule has 0 saturated heterocycles. The number of benzene rings is 2. The molecule has 0 aliphatic carbocycles. The van der Waals surface area contributed by atoms with Crippen molar-refractivity contribution < 1.29 is 9.13 Å². The smallest absolute Gasteiger partial charge is 0.146 e. The summed E-state index contributed by atoms with van der Waals surface area (Å²) in [5.74, 6) is 0.487. The summed E-state index contributed by atoms with van der Waals surface area (Å²) in [5.41, 5.74) is 1.44. The van der Waals surface area contributed by atoms with Crippen molar-refractivity contribution in [2.45, 2.75) is 6.54 Å². The zero-order valence-corrected chi connectivity index (χ0v) is 10.7. The molecule has 2 nitrogen and oxygen atoms in total. The van der Waals surface area contributed by atoms with Gasteiger partial charge in [-0.25, -0.2) is 4.39 Å². The van der Waals surface area contributed by atoms with Crippen LogP contribution in [0.15, 0.2) is 42.5 Å². The van der Waals surface area contributed by atoms with Crippen LogP contribution in [-0.2, 0) is 6.54 Å². The normalized spacial score (nSPS) is 10.2. The van der Waals surface area contributed by atoms with Crippen LogP contribution in [0.3, 0.4) is 0 Å². The number of hydrogen-bond acceptors (Lipinski definition) is 2. The molecule has 0 spiro atoms. The Labute approximate surface area is 110 Å². The quantitative estimate of drug-likeness (QED) is 0.899. The third kappa shape index (κ3) is 3.14. The third-order valence-electron chi connectivity index (χ3n) is 2.57.